The lowest BCUT2D eigenvalue weighted by Crippen LogP contribution is -2.26. The summed E-state index contributed by atoms with van der Waals surface area (Å²) in [5.41, 5.74) is 1.78. The predicted molar refractivity (Wildman–Crippen MR) is 102 cm³/mol. The molecule has 1 saturated heterocycles. The van der Waals surface area contributed by atoms with Crippen LogP contribution in [0.2, 0.25) is 0 Å². The number of rotatable bonds is 3. The number of hydrogen-bond acceptors (Lipinski definition) is 6. The molecule has 130 valence electrons. The van der Waals surface area contributed by atoms with Crippen LogP contribution in [0.5, 0.6) is 0 Å². The maximum atomic E-state index is 12.4. The highest BCUT2D eigenvalue weighted by atomic mass is 35.5. The zero-order chi connectivity index (χ0) is 16.4. The first kappa shape index (κ1) is 17.7. The first-order valence-corrected chi connectivity index (χ1v) is 8.81. The third-order valence-corrected chi connectivity index (χ3v) is 5.24. The fourth-order valence-corrected chi connectivity index (χ4v) is 3.85. The Morgan fingerprint density at radius 2 is 1.88 bits per heavy atom. The van der Waals surface area contributed by atoms with Crippen LogP contribution in [0.3, 0.4) is 0 Å². The van der Waals surface area contributed by atoms with Gasteiger partial charge >= 0.3 is 0 Å². The molecule has 0 aliphatic carbocycles. The van der Waals surface area contributed by atoms with Crippen LogP contribution in [-0.2, 0) is 0 Å². The molecule has 0 unspecified atom stereocenters. The van der Waals surface area contributed by atoms with Gasteiger partial charge in [-0.05, 0) is 44.0 Å². The van der Waals surface area contributed by atoms with E-state index in [2.05, 4.69) is 25.6 Å². The van der Waals surface area contributed by atoms with Gasteiger partial charge in [-0.15, -0.1) is 23.7 Å². The van der Waals surface area contributed by atoms with Gasteiger partial charge in [0.25, 0.3) is 5.91 Å². The van der Waals surface area contributed by atoms with E-state index in [0.717, 1.165) is 31.4 Å². The Labute approximate surface area is 155 Å². The Kier molecular flexibility index (Phi) is 5.57. The van der Waals surface area contributed by atoms with Crippen LogP contribution in [-0.4, -0.2) is 33.9 Å². The molecule has 1 amide bonds. The smallest absolute Gasteiger partial charge is 0.277 e. The highest BCUT2D eigenvalue weighted by Gasteiger charge is 2.19. The number of halogens is 1. The molecular formula is C17H18ClN5OS. The van der Waals surface area contributed by atoms with Crippen LogP contribution >= 0.6 is 23.7 Å². The number of aromatic nitrogens is 3. The third-order valence-electron chi connectivity index (χ3n) is 4.17. The van der Waals surface area contributed by atoms with Gasteiger partial charge < -0.3 is 5.32 Å². The first-order chi connectivity index (χ1) is 11.8. The van der Waals surface area contributed by atoms with Crippen molar-refractivity contribution in [2.45, 2.75) is 18.8 Å². The second-order valence-corrected chi connectivity index (χ2v) is 6.85. The molecule has 0 spiro atoms. The van der Waals surface area contributed by atoms with Crippen molar-refractivity contribution in [1.82, 2.24) is 20.3 Å². The summed E-state index contributed by atoms with van der Waals surface area (Å²) in [4.78, 5) is 26.6. The fraction of sp³-hybridized carbons (Fsp3) is 0.294. The molecule has 1 aromatic carbocycles. The molecule has 2 N–H and O–H groups in total. The van der Waals surface area contributed by atoms with Crippen LogP contribution in [0.4, 0.5) is 5.13 Å². The number of nitrogens with zero attached hydrogens (tertiary/aromatic N) is 3. The van der Waals surface area contributed by atoms with E-state index in [-0.39, 0.29) is 18.3 Å². The van der Waals surface area contributed by atoms with Crippen molar-refractivity contribution in [2.24, 2.45) is 0 Å². The van der Waals surface area contributed by atoms with Crippen LogP contribution in [0, 0.1) is 0 Å². The standard InChI is InChI=1S/C17H17N5OS.ClH/c23-16(14-9-19-12-3-1-2-4-13(12)21-14)22-17-20-10-15(24-17)11-5-7-18-8-6-11;/h1-4,9-11,18H,5-8H2,(H,20,22,23);1H. The number of para-hydroxylation sites is 2. The molecule has 0 radical (unpaired) electrons. The van der Waals surface area contributed by atoms with Crippen molar-refractivity contribution in [3.8, 4) is 0 Å². The Bertz CT molecular complexity index is 878. The molecule has 3 aromatic rings. The summed E-state index contributed by atoms with van der Waals surface area (Å²) in [7, 11) is 0. The lowest BCUT2D eigenvalue weighted by molar-refractivity contribution is 0.102. The average Bonchev–Trinajstić information content (AvgIpc) is 3.10. The van der Waals surface area contributed by atoms with Gasteiger partial charge in [-0.3, -0.25) is 15.1 Å². The monoisotopic (exact) mass is 375 g/mol. The van der Waals surface area contributed by atoms with Crippen LogP contribution in [0.25, 0.3) is 11.0 Å². The van der Waals surface area contributed by atoms with E-state index in [9.17, 15) is 4.79 Å². The maximum absolute atomic E-state index is 12.4. The lowest BCUT2D eigenvalue weighted by Gasteiger charge is -2.20. The number of piperidine rings is 1. The van der Waals surface area contributed by atoms with Gasteiger partial charge in [0.1, 0.15) is 5.69 Å². The summed E-state index contributed by atoms with van der Waals surface area (Å²) >= 11 is 1.55. The van der Waals surface area contributed by atoms with E-state index < -0.39 is 0 Å². The fourth-order valence-electron chi connectivity index (χ4n) is 2.87. The van der Waals surface area contributed by atoms with Crippen molar-refractivity contribution < 1.29 is 4.79 Å². The Hall–Kier alpha value is -2.09. The molecule has 3 heterocycles. The van der Waals surface area contributed by atoms with Crippen molar-refractivity contribution in [3.63, 3.8) is 0 Å². The molecule has 1 fully saturated rings. The number of fused-ring (bicyclic) bond motifs is 1. The molecule has 0 atom stereocenters. The normalized spacial score (nSPS) is 14.9. The van der Waals surface area contributed by atoms with E-state index in [0.29, 0.717) is 22.3 Å². The summed E-state index contributed by atoms with van der Waals surface area (Å²) in [5, 5.41) is 6.81. The summed E-state index contributed by atoms with van der Waals surface area (Å²) < 4.78 is 0. The van der Waals surface area contributed by atoms with Crippen molar-refractivity contribution in [3.05, 3.63) is 47.2 Å². The van der Waals surface area contributed by atoms with Gasteiger partial charge in [-0.25, -0.2) is 9.97 Å². The number of carbonyl (C=O) groups excluding carboxylic acids is 1. The van der Waals surface area contributed by atoms with Gasteiger partial charge in [-0.1, -0.05) is 12.1 Å². The average molecular weight is 376 g/mol. The van der Waals surface area contributed by atoms with Gasteiger partial charge in [0, 0.05) is 11.1 Å². The van der Waals surface area contributed by atoms with Crippen LogP contribution < -0.4 is 10.6 Å². The van der Waals surface area contributed by atoms with Gasteiger partial charge in [-0.2, -0.15) is 0 Å². The SMILES string of the molecule is Cl.O=C(Nc1ncc(C2CCNCC2)s1)c1cnc2ccccc2n1. The van der Waals surface area contributed by atoms with E-state index in [4.69, 9.17) is 0 Å². The number of thiazole rings is 1. The summed E-state index contributed by atoms with van der Waals surface area (Å²) in [6.45, 7) is 2.08. The number of nitrogens with one attached hydrogen (secondary N) is 2. The second kappa shape index (κ2) is 7.86. The number of carbonyl (C=O) groups is 1. The minimum absolute atomic E-state index is 0. The van der Waals surface area contributed by atoms with Crippen molar-refractivity contribution in [1.29, 1.82) is 0 Å². The van der Waals surface area contributed by atoms with Crippen LogP contribution in [0.15, 0.2) is 36.7 Å². The Morgan fingerprint density at radius 1 is 1.12 bits per heavy atom. The van der Waals surface area contributed by atoms with E-state index in [1.165, 1.54) is 11.1 Å². The highest BCUT2D eigenvalue weighted by molar-refractivity contribution is 7.15. The molecule has 1 aliphatic heterocycles. The number of hydrogen-bond donors (Lipinski definition) is 2. The summed E-state index contributed by atoms with van der Waals surface area (Å²) in [6.07, 6.45) is 5.61. The molecule has 0 bridgehead atoms. The van der Waals surface area contributed by atoms with E-state index in [1.54, 1.807) is 11.3 Å². The largest absolute Gasteiger partial charge is 0.317 e. The molecule has 25 heavy (non-hydrogen) atoms. The van der Waals surface area contributed by atoms with E-state index >= 15 is 0 Å². The minimum Gasteiger partial charge on any atom is -0.317 e. The number of benzene rings is 1. The second-order valence-electron chi connectivity index (χ2n) is 5.79. The molecule has 0 saturated carbocycles. The first-order valence-electron chi connectivity index (χ1n) is 7.99. The molecule has 8 heteroatoms. The third kappa shape index (κ3) is 3.95. The van der Waals surface area contributed by atoms with Crippen LogP contribution in [0.1, 0.15) is 34.1 Å². The minimum atomic E-state index is -0.278. The predicted octanol–water partition coefficient (Wildman–Crippen LogP) is 3.23. The summed E-state index contributed by atoms with van der Waals surface area (Å²) in [5.74, 6) is 0.259. The van der Waals surface area contributed by atoms with Gasteiger partial charge in [0.05, 0.1) is 17.2 Å². The van der Waals surface area contributed by atoms with E-state index in [1.807, 2.05) is 30.5 Å². The zero-order valence-electron chi connectivity index (χ0n) is 13.4. The lowest BCUT2D eigenvalue weighted by atomic mass is 9.97. The van der Waals surface area contributed by atoms with Gasteiger partial charge in [0.2, 0.25) is 0 Å². The molecule has 1 aliphatic rings. The maximum Gasteiger partial charge on any atom is 0.277 e. The highest BCUT2D eigenvalue weighted by Crippen LogP contribution is 2.31. The Balaban J connectivity index is 0.00000182. The molecule has 4 rings (SSSR count). The number of anilines is 1. The zero-order valence-corrected chi connectivity index (χ0v) is 15.1. The quantitative estimate of drug-likeness (QED) is 0.734. The van der Waals surface area contributed by atoms with Crippen molar-refractivity contribution in [2.75, 3.05) is 18.4 Å². The molecule has 6 nitrogen and oxygen atoms in total. The Morgan fingerprint density at radius 3 is 2.68 bits per heavy atom. The topological polar surface area (TPSA) is 79.8 Å². The summed E-state index contributed by atoms with van der Waals surface area (Å²) in [6, 6.07) is 7.49. The van der Waals surface area contributed by atoms with Crippen molar-refractivity contribution >= 4 is 45.8 Å². The molecular weight excluding hydrogens is 358 g/mol. The number of amides is 1. The van der Waals surface area contributed by atoms with Gasteiger partial charge in [0.15, 0.2) is 5.13 Å². The molecule has 2 aromatic heterocycles.